The molecule has 2 amide bonds. The second kappa shape index (κ2) is 8.92. The van der Waals surface area contributed by atoms with Gasteiger partial charge in [-0.3, -0.25) is 14.9 Å². The Morgan fingerprint density at radius 1 is 1.23 bits per heavy atom. The number of aliphatic carboxylic acids is 1. The minimum atomic E-state index is -1.15. The van der Waals surface area contributed by atoms with Gasteiger partial charge in [-0.25, -0.2) is 14.1 Å². The highest BCUT2D eigenvalue weighted by atomic mass is 32.1. The molecule has 3 rings (SSSR count). The quantitative estimate of drug-likeness (QED) is 0.401. The van der Waals surface area contributed by atoms with Gasteiger partial charge >= 0.3 is 5.97 Å². The summed E-state index contributed by atoms with van der Waals surface area (Å²) in [7, 11) is 1.36. The zero-order valence-corrected chi connectivity index (χ0v) is 17.2. The van der Waals surface area contributed by atoms with Crippen molar-refractivity contribution in [3.63, 3.8) is 0 Å². The number of para-hydroxylation sites is 1. The number of thiocarbonyl (C=S) groups is 1. The standard InChI is InChI=1S/C21H17FN2O6S/c1-11(20(27)28)30-16-8-7-12(10-17(16)29-2)9-13-18(25)23-21(31)24(19(13)26)15-6-4-3-5-14(15)22/h3-11H,1-2H3,(H,27,28)(H,23,25,31)/b13-9+/t11-/m0/s1. The maximum Gasteiger partial charge on any atom is 0.344 e. The lowest BCUT2D eigenvalue weighted by Crippen LogP contribution is -2.54. The lowest BCUT2D eigenvalue weighted by molar-refractivity contribution is -0.144. The molecule has 0 radical (unpaired) electrons. The first-order valence-electron chi connectivity index (χ1n) is 8.96. The van der Waals surface area contributed by atoms with Crippen molar-refractivity contribution in [2.24, 2.45) is 0 Å². The summed E-state index contributed by atoms with van der Waals surface area (Å²) in [5, 5.41) is 11.1. The van der Waals surface area contributed by atoms with Crippen molar-refractivity contribution in [2.45, 2.75) is 13.0 Å². The maximum atomic E-state index is 14.2. The molecular weight excluding hydrogens is 427 g/mol. The van der Waals surface area contributed by atoms with E-state index in [1.165, 1.54) is 62.6 Å². The molecule has 0 aliphatic carbocycles. The number of carbonyl (C=O) groups excluding carboxylic acids is 2. The summed E-state index contributed by atoms with van der Waals surface area (Å²) in [6.45, 7) is 1.36. The highest BCUT2D eigenvalue weighted by Gasteiger charge is 2.35. The van der Waals surface area contributed by atoms with E-state index in [0.29, 0.717) is 5.56 Å². The summed E-state index contributed by atoms with van der Waals surface area (Å²) in [5.41, 5.74) is 0.0332. The van der Waals surface area contributed by atoms with Crippen molar-refractivity contribution in [1.82, 2.24) is 5.32 Å². The van der Waals surface area contributed by atoms with Gasteiger partial charge in [-0.05, 0) is 55.0 Å². The van der Waals surface area contributed by atoms with Gasteiger partial charge < -0.3 is 14.6 Å². The molecule has 0 spiro atoms. The lowest BCUT2D eigenvalue weighted by atomic mass is 10.1. The van der Waals surface area contributed by atoms with Crippen LogP contribution in [0.25, 0.3) is 6.08 Å². The van der Waals surface area contributed by atoms with Gasteiger partial charge in [0.2, 0.25) is 0 Å². The number of carboxylic acid groups (broad SMARTS) is 1. The molecule has 0 unspecified atom stereocenters. The van der Waals surface area contributed by atoms with E-state index in [1.807, 2.05) is 0 Å². The number of amides is 2. The first-order valence-corrected chi connectivity index (χ1v) is 9.37. The number of nitrogens with one attached hydrogen (secondary N) is 1. The van der Waals surface area contributed by atoms with Gasteiger partial charge in [-0.1, -0.05) is 18.2 Å². The Morgan fingerprint density at radius 3 is 2.58 bits per heavy atom. The molecule has 8 nitrogen and oxygen atoms in total. The third kappa shape index (κ3) is 4.53. The fourth-order valence-electron chi connectivity index (χ4n) is 2.79. The van der Waals surface area contributed by atoms with Crippen LogP contribution < -0.4 is 19.7 Å². The SMILES string of the molecule is COc1cc(/C=C2\C(=O)NC(=S)N(c3ccccc3F)C2=O)ccc1O[C@@H](C)C(=O)O. The average Bonchev–Trinajstić information content (AvgIpc) is 2.73. The van der Waals surface area contributed by atoms with Crippen molar-refractivity contribution in [1.29, 1.82) is 0 Å². The van der Waals surface area contributed by atoms with E-state index in [2.05, 4.69) is 5.32 Å². The first kappa shape index (κ1) is 21.9. The molecule has 1 heterocycles. The fourth-order valence-corrected chi connectivity index (χ4v) is 3.06. The molecule has 1 saturated heterocycles. The molecule has 1 fully saturated rings. The minimum Gasteiger partial charge on any atom is -0.493 e. The Kier molecular flexibility index (Phi) is 6.30. The molecule has 2 aromatic rings. The molecule has 10 heteroatoms. The van der Waals surface area contributed by atoms with Crippen molar-refractivity contribution in [3.8, 4) is 11.5 Å². The monoisotopic (exact) mass is 444 g/mol. The molecule has 31 heavy (non-hydrogen) atoms. The summed E-state index contributed by atoms with van der Waals surface area (Å²) in [6, 6.07) is 9.98. The second-order valence-electron chi connectivity index (χ2n) is 6.42. The summed E-state index contributed by atoms with van der Waals surface area (Å²) in [6.07, 6.45) is 0.180. The van der Waals surface area contributed by atoms with Crippen molar-refractivity contribution >= 4 is 46.9 Å². The molecule has 0 bridgehead atoms. The zero-order valence-electron chi connectivity index (χ0n) is 16.4. The number of methoxy groups -OCH3 is 1. The van der Waals surface area contributed by atoms with Crippen molar-refractivity contribution < 1.29 is 33.4 Å². The van der Waals surface area contributed by atoms with Crippen LogP contribution in [0.3, 0.4) is 0 Å². The fraction of sp³-hybridized carbons (Fsp3) is 0.143. The summed E-state index contributed by atoms with van der Waals surface area (Å²) >= 11 is 5.05. The number of anilines is 1. The molecule has 1 aliphatic heterocycles. The predicted octanol–water partition coefficient (Wildman–Crippen LogP) is 2.52. The summed E-state index contributed by atoms with van der Waals surface area (Å²) in [4.78, 5) is 37.3. The van der Waals surface area contributed by atoms with Crippen LogP contribution in [-0.2, 0) is 14.4 Å². The Bertz CT molecular complexity index is 1120. The van der Waals surface area contributed by atoms with Gasteiger partial charge in [-0.15, -0.1) is 0 Å². The molecule has 2 aromatic carbocycles. The van der Waals surface area contributed by atoms with E-state index in [1.54, 1.807) is 0 Å². The van der Waals surface area contributed by atoms with Crippen LogP contribution in [0.4, 0.5) is 10.1 Å². The Labute approximate surface area is 181 Å². The normalized spacial score (nSPS) is 16.2. The summed E-state index contributed by atoms with van der Waals surface area (Å²) < 4.78 is 24.8. The molecular formula is C21H17FN2O6S. The molecule has 2 N–H and O–H groups in total. The Hall–Kier alpha value is -3.79. The van der Waals surface area contributed by atoms with E-state index < -0.39 is 29.7 Å². The minimum absolute atomic E-state index is 0.0904. The number of halogens is 1. The number of rotatable bonds is 6. The summed E-state index contributed by atoms with van der Waals surface area (Å²) in [5.74, 6) is -2.98. The average molecular weight is 444 g/mol. The molecule has 160 valence electrons. The van der Waals surface area contributed by atoms with Gasteiger partial charge in [0, 0.05) is 0 Å². The smallest absolute Gasteiger partial charge is 0.344 e. The Balaban J connectivity index is 1.97. The van der Waals surface area contributed by atoms with Crippen LogP contribution >= 0.6 is 12.2 Å². The molecule has 0 aromatic heterocycles. The van der Waals surface area contributed by atoms with Gasteiger partial charge in [0.15, 0.2) is 22.7 Å². The van der Waals surface area contributed by atoms with E-state index >= 15 is 0 Å². The van der Waals surface area contributed by atoms with Gasteiger partial charge in [-0.2, -0.15) is 0 Å². The molecule has 1 aliphatic rings. The number of ether oxygens (including phenoxy) is 2. The van der Waals surface area contributed by atoms with E-state index in [-0.39, 0.29) is 27.9 Å². The van der Waals surface area contributed by atoms with E-state index in [0.717, 1.165) is 4.90 Å². The van der Waals surface area contributed by atoms with Gasteiger partial charge in [0.05, 0.1) is 12.8 Å². The van der Waals surface area contributed by atoms with Crippen LogP contribution in [0.2, 0.25) is 0 Å². The van der Waals surface area contributed by atoms with Gasteiger partial charge in [0.1, 0.15) is 11.4 Å². The molecule has 1 atom stereocenters. The molecule has 0 saturated carbocycles. The zero-order chi connectivity index (χ0) is 22.7. The van der Waals surface area contributed by atoms with Gasteiger partial charge in [0.25, 0.3) is 11.8 Å². The predicted molar refractivity (Wildman–Crippen MR) is 113 cm³/mol. The highest BCUT2D eigenvalue weighted by molar-refractivity contribution is 7.80. The van der Waals surface area contributed by atoms with E-state index in [9.17, 15) is 18.8 Å². The van der Waals surface area contributed by atoms with Crippen LogP contribution in [0.5, 0.6) is 11.5 Å². The third-order valence-corrected chi connectivity index (χ3v) is 4.63. The second-order valence-corrected chi connectivity index (χ2v) is 6.80. The lowest BCUT2D eigenvalue weighted by Gasteiger charge is -2.29. The maximum absolute atomic E-state index is 14.2. The van der Waals surface area contributed by atoms with Crippen LogP contribution in [0.15, 0.2) is 48.0 Å². The number of hydrogen-bond donors (Lipinski definition) is 2. The van der Waals surface area contributed by atoms with Crippen molar-refractivity contribution in [3.05, 3.63) is 59.4 Å². The third-order valence-electron chi connectivity index (χ3n) is 4.35. The number of carboxylic acids is 1. The van der Waals surface area contributed by atoms with Crippen LogP contribution in [0.1, 0.15) is 12.5 Å². The number of carbonyl (C=O) groups is 3. The first-order chi connectivity index (χ1) is 14.7. The van der Waals surface area contributed by atoms with E-state index in [4.69, 9.17) is 26.8 Å². The highest BCUT2D eigenvalue weighted by Crippen LogP contribution is 2.31. The Morgan fingerprint density at radius 2 is 1.94 bits per heavy atom. The van der Waals surface area contributed by atoms with Crippen LogP contribution in [0, 0.1) is 5.82 Å². The number of nitrogens with zero attached hydrogens (tertiary/aromatic N) is 1. The number of hydrogen-bond acceptors (Lipinski definition) is 6. The van der Waals surface area contributed by atoms with Crippen molar-refractivity contribution in [2.75, 3.05) is 12.0 Å². The largest absolute Gasteiger partial charge is 0.493 e. The topological polar surface area (TPSA) is 105 Å². The number of benzene rings is 2. The van der Waals surface area contributed by atoms with Crippen LogP contribution in [-0.4, -0.2) is 41.2 Å².